The average Bonchev–Trinajstić information content (AvgIpc) is 2.59. The van der Waals surface area contributed by atoms with Gasteiger partial charge in [-0.3, -0.25) is 9.59 Å². The van der Waals surface area contributed by atoms with Gasteiger partial charge >= 0.3 is 0 Å². The topological polar surface area (TPSA) is 40.6 Å². The Morgan fingerprint density at radius 2 is 2.04 bits per heavy atom. The van der Waals surface area contributed by atoms with Crippen molar-refractivity contribution < 1.29 is 9.59 Å². The highest BCUT2D eigenvalue weighted by Crippen LogP contribution is 2.40. The van der Waals surface area contributed by atoms with E-state index in [0.29, 0.717) is 19.4 Å². The summed E-state index contributed by atoms with van der Waals surface area (Å²) < 4.78 is 0. The molecule has 2 saturated heterocycles. The lowest BCUT2D eigenvalue weighted by atomic mass is 9.72. The van der Waals surface area contributed by atoms with Crippen molar-refractivity contribution in [3.05, 3.63) is 48.0 Å². The van der Waals surface area contributed by atoms with Gasteiger partial charge in [-0.2, -0.15) is 0 Å². The van der Waals surface area contributed by atoms with E-state index in [4.69, 9.17) is 0 Å². The fraction of sp³-hybridized carbons (Fsp3) is 0.524. The molecule has 0 aliphatic carbocycles. The number of aryl methyl sites for hydroxylation is 1. The summed E-state index contributed by atoms with van der Waals surface area (Å²) in [6.07, 6.45) is 5.86. The van der Waals surface area contributed by atoms with Crippen molar-refractivity contribution in [3.63, 3.8) is 0 Å². The van der Waals surface area contributed by atoms with Crippen LogP contribution in [0.1, 0.15) is 36.8 Å². The Kier molecular flexibility index (Phi) is 5.26. The molecule has 0 atom stereocenters. The van der Waals surface area contributed by atoms with Crippen LogP contribution in [-0.4, -0.2) is 47.8 Å². The number of benzene rings is 1. The molecule has 25 heavy (non-hydrogen) atoms. The Labute approximate surface area is 150 Å². The predicted octanol–water partition coefficient (Wildman–Crippen LogP) is 2.95. The zero-order valence-electron chi connectivity index (χ0n) is 15.2. The summed E-state index contributed by atoms with van der Waals surface area (Å²) in [5, 5.41) is 0. The van der Waals surface area contributed by atoms with E-state index in [0.717, 1.165) is 44.5 Å². The Bertz CT molecular complexity index is 660. The number of nitrogens with zero attached hydrogens (tertiary/aromatic N) is 2. The van der Waals surface area contributed by atoms with Crippen molar-refractivity contribution >= 4 is 11.8 Å². The normalized spacial score (nSPS) is 20.0. The fourth-order valence-electron chi connectivity index (χ4n) is 4.17. The molecule has 3 rings (SSSR count). The van der Waals surface area contributed by atoms with E-state index < -0.39 is 0 Å². The minimum absolute atomic E-state index is 0.192. The highest BCUT2D eigenvalue weighted by atomic mass is 16.2. The Morgan fingerprint density at radius 3 is 2.72 bits per heavy atom. The third-order valence-electron chi connectivity index (χ3n) is 5.71. The van der Waals surface area contributed by atoms with Gasteiger partial charge in [0.1, 0.15) is 0 Å². The van der Waals surface area contributed by atoms with E-state index in [1.54, 1.807) is 6.08 Å². The SMILES string of the molecule is C=CCN1CC2(CCC1=O)CCN(C(=O)Cc1cccc(C)c1)CC2. The molecule has 2 aliphatic heterocycles. The van der Waals surface area contributed by atoms with Crippen LogP contribution in [0.25, 0.3) is 0 Å². The molecule has 0 radical (unpaired) electrons. The maximum absolute atomic E-state index is 12.6. The van der Waals surface area contributed by atoms with Gasteiger partial charge in [-0.25, -0.2) is 0 Å². The number of carbonyl (C=O) groups excluding carboxylic acids is 2. The fourth-order valence-corrected chi connectivity index (χ4v) is 4.17. The van der Waals surface area contributed by atoms with Crippen LogP contribution in [0.3, 0.4) is 0 Å². The van der Waals surface area contributed by atoms with Gasteiger partial charge in [0.25, 0.3) is 0 Å². The molecule has 0 saturated carbocycles. The minimum Gasteiger partial charge on any atom is -0.342 e. The molecular weight excluding hydrogens is 312 g/mol. The largest absolute Gasteiger partial charge is 0.342 e. The van der Waals surface area contributed by atoms with Crippen molar-refractivity contribution in [2.45, 2.75) is 39.0 Å². The summed E-state index contributed by atoms with van der Waals surface area (Å²) in [7, 11) is 0. The molecule has 0 aromatic heterocycles. The van der Waals surface area contributed by atoms with Crippen LogP contribution in [0, 0.1) is 12.3 Å². The quantitative estimate of drug-likeness (QED) is 0.791. The van der Waals surface area contributed by atoms with Crippen molar-refractivity contribution in [2.75, 3.05) is 26.2 Å². The van der Waals surface area contributed by atoms with Gasteiger partial charge in [-0.15, -0.1) is 6.58 Å². The summed E-state index contributed by atoms with van der Waals surface area (Å²) in [4.78, 5) is 28.6. The highest BCUT2D eigenvalue weighted by molar-refractivity contribution is 5.79. The zero-order valence-corrected chi connectivity index (χ0v) is 15.2. The van der Waals surface area contributed by atoms with E-state index in [9.17, 15) is 9.59 Å². The lowest BCUT2D eigenvalue weighted by Gasteiger charge is -2.47. The van der Waals surface area contributed by atoms with E-state index in [-0.39, 0.29) is 17.2 Å². The molecule has 0 bridgehead atoms. The number of amides is 2. The molecule has 2 fully saturated rings. The lowest BCUT2D eigenvalue weighted by molar-refractivity contribution is -0.141. The second-order valence-corrected chi connectivity index (χ2v) is 7.61. The van der Waals surface area contributed by atoms with Gasteiger partial charge in [-0.05, 0) is 37.2 Å². The van der Waals surface area contributed by atoms with Gasteiger partial charge in [-0.1, -0.05) is 35.9 Å². The van der Waals surface area contributed by atoms with Crippen LogP contribution < -0.4 is 0 Å². The first-order chi connectivity index (χ1) is 12.0. The van der Waals surface area contributed by atoms with Gasteiger partial charge in [0.15, 0.2) is 0 Å². The molecule has 0 N–H and O–H groups in total. The molecule has 1 spiro atoms. The summed E-state index contributed by atoms with van der Waals surface area (Å²) in [5.74, 6) is 0.457. The number of piperidine rings is 2. The standard InChI is InChI=1S/C21H28N2O2/c1-3-11-23-16-21(8-7-19(23)24)9-12-22(13-10-21)20(25)15-18-6-4-5-17(2)14-18/h3-6,14H,1,7-13,15-16H2,2H3. The monoisotopic (exact) mass is 340 g/mol. The Morgan fingerprint density at radius 1 is 1.28 bits per heavy atom. The number of hydrogen-bond acceptors (Lipinski definition) is 2. The van der Waals surface area contributed by atoms with Gasteiger partial charge < -0.3 is 9.80 Å². The van der Waals surface area contributed by atoms with E-state index in [2.05, 4.69) is 25.6 Å². The predicted molar refractivity (Wildman–Crippen MR) is 99.1 cm³/mol. The smallest absolute Gasteiger partial charge is 0.226 e. The van der Waals surface area contributed by atoms with E-state index in [1.807, 2.05) is 21.9 Å². The van der Waals surface area contributed by atoms with E-state index >= 15 is 0 Å². The third kappa shape index (κ3) is 4.12. The number of likely N-dealkylation sites (tertiary alicyclic amines) is 2. The van der Waals surface area contributed by atoms with Crippen molar-refractivity contribution in [1.29, 1.82) is 0 Å². The number of carbonyl (C=O) groups is 2. The van der Waals surface area contributed by atoms with Crippen LogP contribution >= 0.6 is 0 Å². The van der Waals surface area contributed by atoms with Crippen molar-refractivity contribution in [2.24, 2.45) is 5.41 Å². The second kappa shape index (κ2) is 7.42. The molecule has 134 valence electrons. The molecule has 2 heterocycles. The van der Waals surface area contributed by atoms with Crippen molar-refractivity contribution in [1.82, 2.24) is 9.80 Å². The Hall–Kier alpha value is -2.10. The first kappa shape index (κ1) is 17.7. The Balaban J connectivity index is 1.57. The van der Waals surface area contributed by atoms with Gasteiger partial charge in [0.2, 0.25) is 11.8 Å². The van der Waals surface area contributed by atoms with Crippen molar-refractivity contribution in [3.8, 4) is 0 Å². The number of hydrogen-bond donors (Lipinski definition) is 0. The molecule has 2 amide bonds. The minimum atomic E-state index is 0.192. The maximum Gasteiger partial charge on any atom is 0.226 e. The summed E-state index contributed by atoms with van der Waals surface area (Å²) >= 11 is 0. The summed E-state index contributed by atoms with van der Waals surface area (Å²) in [6.45, 7) is 8.88. The van der Waals surface area contributed by atoms with Crippen LogP contribution in [0.2, 0.25) is 0 Å². The van der Waals surface area contributed by atoms with Crippen LogP contribution in [-0.2, 0) is 16.0 Å². The maximum atomic E-state index is 12.6. The molecule has 2 aliphatic rings. The van der Waals surface area contributed by atoms with Crippen LogP contribution in [0.15, 0.2) is 36.9 Å². The first-order valence-electron chi connectivity index (χ1n) is 9.23. The summed E-state index contributed by atoms with van der Waals surface area (Å²) in [5.41, 5.74) is 2.47. The van der Waals surface area contributed by atoms with Crippen LogP contribution in [0.4, 0.5) is 0 Å². The second-order valence-electron chi connectivity index (χ2n) is 7.61. The lowest BCUT2D eigenvalue weighted by Crippen LogP contribution is -2.52. The van der Waals surface area contributed by atoms with Gasteiger partial charge in [0.05, 0.1) is 6.42 Å². The highest BCUT2D eigenvalue weighted by Gasteiger charge is 2.41. The summed E-state index contributed by atoms with van der Waals surface area (Å²) in [6, 6.07) is 8.17. The number of rotatable bonds is 4. The first-order valence-corrected chi connectivity index (χ1v) is 9.23. The zero-order chi connectivity index (χ0) is 17.9. The van der Waals surface area contributed by atoms with Gasteiger partial charge in [0, 0.05) is 32.6 Å². The van der Waals surface area contributed by atoms with Crippen LogP contribution in [0.5, 0.6) is 0 Å². The molecular formula is C21H28N2O2. The molecule has 0 unspecified atom stereocenters. The average molecular weight is 340 g/mol. The van der Waals surface area contributed by atoms with E-state index in [1.165, 1.54) is 5.56 Å². The molecule has 1 aromatic rings. The molecule has 1 aromatic carbocycles. The third-order valence-corrected chi connectivity index (χ3v) is 5.71. The molecule has 4 heteroatoms. The molecule has 4 nitrogen and oxygen atoms in total.